The highest BCUT2D eigenvalue weighted by Gasteiger charge is 2.29. The molecule has 0 saturated carbocycles. The third kappa shape index (κ3) is 7.86. The van der Waals surface area contributed by atoms with E-state index in [0.29, 0.717) is 12.5 Å². The Kier molecular flexibility index (Phi) is 9.81. The number of hydrogen-bond donors (Lipinski definition) is 2. The summed E-state index contributed by atoms with van der Waals surface area (Å²) in [5.41, 5.74) is 2.18. The Morgan fingerprint density at radius 2 is 1.30 bits per heavy atom. The van der Waals surface area contributed by atoms with E-state index in [1.165, 1.54) is 35.0 Å². The molecule has 1 fully saturated rings. The molecule has 1 aliphatic rings. The van der Waals surface area contributed by atoms with E-state index in [9.17, 15) is 8.78 Å². The fourth-order valence-electron chi connectivity index (χ4n) is 5.14. The van der Waals surface area contributed by atoms with Gasteiger partial charge in [0.1, 0.15) is 24.0 Å². The Morgan fingerprint density at radius 1 is 0.775 bits per heavy atom. The van der Waals surface area contributed by atoms with Crippen molar-refractivity contribution in [1.82, 2.24) is 4.90 Å². The molecule has 0 spiro atoms. The molecule has 1 aliphatic heterocycles. The van der Waals surface area contributed by atoms with Gasteiger partial charge in [0.25, 0.3) is 0 Å². The molecule has 0 amide bonds. The summed E-state index contributed by atoms with van der Waals surface area (Å²) < 4.78 is 33.1. The summed E-state index contributed by atoms with van der Waals surface area (Å²) in [5.74, 6) is -2.65. The van der Waals surface area contributed by atoms with Gasteiger partial charge in [0.05, 0.1) is 0 Å². The molecule has 4 aromatic carbocycles. The number of likely N-dealkylation sites (tertiary alicyclic amines) is 1. The summed E-state index contributed by atoms with van der Waals surface area (Å²) >= 11 is 0. The number of carboxylic acids is 2. The summed E-state index contributed by atoms with van der Waals surface area (Å²) in [6.45, 7) is 3.52. The second kappa shape index (κ2) is 13.7. The number of rotatable bonds is 7. The quantitative estimate of drug-likeness (QED) is 0.268. The van der Waals surface area contributed by atoms with E-state index in [1.54, 1.807) is 0 Å². The maximum absolute atomic E-state index is 13.5. The van der Waals surface area contributed by atoms with Crippen LogP contribution in [0, 0.1) is 17.6 Å². The first kappa shape index (κ1) is 28.7. The van der Waals surface area contributed by atoms with E-state index in [2.05, 4.69) is 29.2 Å². The minimum absolute atomic E-state index is 0.136. The van der Waals surface area contributed by atoms with Gasteiger partial charge >= 0.3 is 11.9 Å². The number of carbonyl (C=O) groups is 2. The van der Waals surface area contributed by atoms with Crippen LogP contribution in [0.15, 0.2) is 91.0 Å². The van der Waals surface area contributed by atoms with Crippen LogP contribution < -0.4 is 4.74 Å². The van der Waals surface area contributed by atoms with E-state index in [-0.39, 0.29) is 17.6 Å². The van der Waals surface area contributed by atoms with E-state index >= 15 is 0 Å². The van der Waals surface area contributed by atoms with E-state index in [1.807, 2.05) is 42.5 Å². The molecule has 0 atom stereocenters. The Bertz CT molecular complexity index is 1360. The summed E-state index contributed by atoms with van der Waals surface area (Å²) in [6, 6.07) is 28.1. The molecule has 1 heterocycles. The molecule has 4 aromatic rings. The molecule has 2 N–H and O–H groups in total. The van der Waals surface area contributed by atoms with Gasteiger partial charge < -0.3 is 14.9 Å². The Labute approximate surface area is 231 Å². The van der Waals surface area contributed by atoms with Crippen LogP contribution in [0.4, 0.5) is 8.78 Å². The predicted octanol–water partition coefficient (Wildman–Crippen LogP) is 6.20. The topological polar surface area (TPSA) is 87.1 Å². The fraction of sp³-hybridized carbons (Fsp3) is 0.250. The predicted molar refractivity (Wildman–Crippen MR) is 149 cm³/mol. The van der Waals surface area contributed by atoms with E-state index in [4.69, 9.17) is 24.5 Å². The molecule has 0 aromatic heterocycles. The van der Waals surface area contributed by atoms with E-state index in [0.717, 1.165) is 49.4 Å². The van der Waals surface area contributed by atoms with Gasteiger partial charge in [-0.2, -0.15) is 0 Å². The molecule has 8 heteroatoms. The number of nitrogens with zero attached hydrogens (tertiary/aromatic N) is 1. The number of aliphatic carboxylic acids is 2. The highest BCUT2D eigenvalue weighted by Crippen LogP contribution is 2.38. The minimum atomic E-state index is -1.82. The SMILES string of the molecule is Fc1ccc(C(c2ccc(F)cc2)C2CCN(CCOc3ccc4ccccc4c3)CC2)cc1.O=C(O)C(=O)O. The number of piperidine rings is 1. The monoisotopic (exact) mass is 547 g/mol. The standard InChI is InChI=1S/C30H29F2NO.C2H2O4/c31-27-10-5-23(6-11-27)30(24-7-12-28(32)13-8-24)25-15-17-33(18-16-25)19-20-34-29-14-9-22-3-1-2-4-26(22)21-29;3-1(4)2(5)6/h1-14,21,25,30H,15-20H2;(H,3,4)(H,5,6). The van der Waals surface area contributed by atoms with Gasteiger partial charge in [0.15, 0.2) is 0 Å². The van der Waals surface area contributed by atoms with Gasteiger partial charge in [0.2, 0.25) is 0 Å². The molecule has 0 unspecified atom stereocenters. The summed E-state index contributed by atoms with van der Waals surface area (Å²) in [4.78, 5) is 20.6. The zero-order chi connectivity index (χ0) is 28.5. The van der Waals surface area contributed by atoms with Crippen LogP contribution in [0.2, 0.25) is 0 Å². The van der Waals surface area contributed by atoms with Crippen molar-refractivity contribution in [3.63, 3.8) is 0 Å². The first-order valence-corrected chi connectivity index (χ1v) is 13.1. The summed E-state index contributed by atoms with van der Waals surface area (Å²) in [7, 11) is 0. The molecular formula is C32H31F2NO5. The molecule has 40 heavy (non-hydrogen) atoms. The van der Waals surface area contributed by atoms with Crippen LogP contribution >= 0.6 is 0 Å². The number of ether oxygens (including phenoxy) is 1. The molecular weight excluding hydrogens is 516 g/mol. The van der Waals surface area contributed by atoms with Crippen LogP contribution in [-0.2, 0) is 9.59 Å². The van der Waals surface area contributed by atoms with Crippen molar-refractivity contribution in [2.45, 2.75) is 18.8 Å². The second-order valence-electron chi connectivity index (χ2n) is 9.73. The van der Waals surface area contributed by atoms with Crippen molar-refractivity contribution in [3.05, 3.63) is 114 Å². The number of hydrogen-bond acceptors (Lipinski definition) is 4. The minimum Gasteiger partial charge on any atom is -0.492 e. The molecule has 6 nitrogen and oxygen atoms in total. The second-order valence-corrected chi connectivity index (χ2v) is 9.73. The molecule has 0 radical (unpaired) electrons. The first-order valence-electron chi connectivity index (χ1n) is 13.1. The lowest BCUT2D eigenvalue weighted by Gasteiger charge is -2.36. The number of halogens is 2. The Hall–Kier alpha value is -4.30. The zero-order valence-electron chi connectivity index (χ0n) is 21.9. The highest BCUT2D eigenvalue weighted by molar-refractivity contribution is 6.27. The summed E-state index contributed by atoms with van der Waals surface area (Å²) in [6.07, 6.45) is 2.07. The lowest BCUT2D eigenvalue weighted by atomic mass is 9.76. The lowest BCUT2D eigenvalue weighted by Crippen LogP contribution is -2.38. The Morgan fingerprint density at radius 3 is 1.82 bits per heavy atom. The van der Waals surface area contributed by atoms with Crippen molar-refractivity contribution >= 4 is 22.7 Å². The molecule has 0 aliphatic carbocycles. The molecule has 0 bridgehead atoms. The molecule has 208 valence electrons. The maximum atomic E-state index is 13.5. The average Bonchev–Trinajstić information content (AvgIpc) is 2.96. The van der Waals surface area contributed by atoms with Crippen molar-refractivity contribution in [2.75, 3.05) is 26.2 Å². The maximum Gasteiger partial charge on any atom is 0.414 e. The van der Waals surface area contributed by atoms with Gasteiger partial charge in [-0.25, -0.2) is 18.4 Å². The number of benzene rings is 4. The number of fused-ring (bicyclic) bond motifs is 1. The van der Waals surface area contributed by atoms with Crippen LogP contribution in [0.1, 0.15) is 29.9 Å². The Balaban J connectivity index is 0.000000557. The normalized spacial score (nSPS) is 14.0. The van der Waals surface area contributed by atoms with Crippen LogP contribution in [0.3, 0.4) is 0 Å². The lowest BCUT2D eigenvalue weighted by molar-refractivity contribution is -0.159. The number of carboxylic acid groups (broad SMARTS) is 2. The van der Waals surface area contributed by atoms with Crippen molar-refractivity contribution in [1.29, 1.82) is 0 Å². The first-order chi connectivity index (χ1) is 19.3. The van der Waals surface area contributed by atoms with Crippen molar-refractivity contribution < 1.29 is 33.3 Å². The van der Waals surface area contributed by atoms with Gasteiger partial charge in [-0.1, -0.05) is 54.6 Å². The van der Waals surface area contributed by atoms with E-state index < -0.39 is 11.9 Å². The highest BCUT2D eigenvalue weighted by atomic mass is 19.1. The van der Waals surface area contributed by atoms with Gasteiger partial charge in [-0.3, -0.25) is 4.90 Å². The molecule has 5 rings (SSSR count). The molecule has 1 saturated heterocycles. The third-order valence-corrected chi connectivity index (χ3v) is 7.14. The van der Waals surface area contributed by atoms with Gasteiger partial charge in [0, 0.05) is 12.5 Å². The third-order valence-electron chi connectivity index (χ3n) is 7.14. The van der Waals surface area contributed by atoms with Gasteiger partial charge in [-0.15, -0.1) is 0 Å². The zero-order valence-corrected chi connectivity index (χ0v) is 21.9. The fourth-order valence-corrected chi connectivity index (χ4v) is 5.14. The summed E-state index contributed by atoms with van der Waals surface area (Å²) in [5, 5.41) is 17.2. The van der Waals surface area contributed by atoms with Crippen LogP contribution in [-0.4, -0.2) is 53.3 Å². The van der Waals surface area contributed by atoms with Crippen molar-refractivity contribution in [2.24, 2.45) is 5.92 Å². The average molecular weight is 548 g/mol. The van der Waals surface area contributed by atoms with Crippen molar-refractivity contribution in [3.8, 4) is 5.75 Å². The van der Waals surface area contributed by atoms with Gasteiger partial charge in [-0.05, 0) is 90.1 Å². The largest absolute Gasteiger partial charge is 0.492 e. The smallest absolute Gasteiger partial charge is 0.414 e. The van der Waals surface area contributed by atoms with Crippen LogP contribution in [0.25, 0.3) is 10.8 Å². The van der Waals surface area contributed by atoms with Crippen LogP contribution in [0.5, 0.6) is 5.75 Å².